The van der Waals surface area contributed by atoms with Gasteiger partial charge in [0.1, 0.15) is 12.4 Å². The maximum atomic E-state index is 10.4. The van der Waals surface area contributed by atoms with E-state index < -0.39 is 5.97 Å². The van der Waals surface area contributed by atoms with Crippen LogP contribution < -0.4 is 0 Å². The third-order valence-corrected chi connectivity index (χ3v) is 1.95. The Morgan fingerprint density at radius 1 is 1.77 bits per heavy atom. The number of carboxylic acid groups (broad SMARTS) is 1. The number of carbonyl (C=O) groups is 1. The van der Waals surface area contributed by atoms with Gasteiger partial charge < -0.3 is 14.4 Å². The molecule has 70 valence electrons. The zero-order valence-corrected chi connectivity index (χ0v) is 7.06. The van der Waals surface area contributed by atoms with Gasteiger partial charge in [0.05, 0.1) is 18.7 Å². The Bertz CT molecular complexity index is 309. The second-order valence-electron chi connectivity index (χ2n) is 2.96. The Hall–Kier alpha value is -1.36. The molecule has 5 nitrogen and oxygen atoms in total. The molecule has 1 aromatic heterocycles. The predicted molar refractivity (Wildman–Crippen MR) is 43.2 cm³/mol. The molecule has 0 aromatic carbocycles. The first kappa shape index (κ1) is 8.25. The highest BCUT2D eigenvalue weighted by atomic mass is 16.5. The molecule has 0 atom stereocenters. The molecule has 0 fully saturated rings. The van der Waals surface area contributed by atoms with E-state index in [0.29, 0.717) is 18.9 Å². The highest BCUT2D eigenvalue weighted by molar-refractivity contribution is 5.69. The number of carboxylic acids is 1. The molecule has 0 aliphatic carbocycles. The summed E-state index contributed by atoms with van der Waals surface area (Å²) < 4.78 is 7.13. The first-order valence-electron chi connectivity index (χ1n) is 4.10. The van der Waals surface area contributed by atoms with E-state index in [1.54, 1.807) is 6.20 Å². The van der Waals surface area contributed by atoms with Gasteiger partial charge in [-0.3, -0.25) is 4.79 Å². The molecule has 1 aromatic rings. The van der Waals surface area contributed by atoms with Gasteiger partial charge in [0.25, 0.3) is 0 Å². The quantitative estimate of drug-likeness (QED) is 0.701. The van der Waals surface area contributed by atoms with Gasteiger partial charge in [-0.25, -0.2) is 4.98 Å². The van der Waals surface area contributed by atoms with Crippen LogP contribution in [0.1, 0.15) is 11.5 Å². The van der Waals surface area contributed by atoms with E-state index in [4.69, 9.17) is 9.84 Å². The summed E-state index contributed by atoms with van der Waals surface area (Å²) in [6.07, 6.45) is 1.77. The molecule has 0 bridgehead atoms. The fraction of sp³-hybridized carbons (Fsp3) is 0.500. The summed E-state index contributed by atoms with van der Waals surface area (Å²) in [5, 5.41) is 8.55. The number of nitrogens with zero attached hydrogens (tertiary/aromatic N) is 2. The van der Waals surface area contributed by atoms with Crippen LogP contribution >= 0.6 is 0 Å². The summed E-state index contributed by atoms with van der Waals surface area (Å²) in [6.45, 7) is 1.93. The molecule has 0 radical (unpaired) electrons. The Morgan fingerprint density at radius 3 is 3.31 bits per heavy atom. The SMILES string of the molecule is O=C(O)Cc1cn2c(n1)COCC2. The molecule has 0 saturated heterocycles. The highest BCUT2D eigenvalue weighted by Gasteiger charge is 2.13. The van der Waals surface area contributed by atoms with Crippen LogP contribution in [-0.4, -0.2) is 27.2 Å². The van der Waals surface area contributed by atoms with Gasteiger partial charge in [-0.1, -0.05) is 0 Å². The van der Waals surface area contributed by atoms with Crippen molar-refractivity contribution in [1.29, 1.82) is 0 Å². The number of ether oxygens (including phenoxy) is 1. The second kappa shape index (κ2) is 3.18. The van der Waals surface area contributed by atoms with Gasteiger partial charge in [-0.15, -0.1) is 0 Å². The van der Waals surface area contributed by atoms with Crippen LogP contribution in [-0.2, 0) is 29.1 Å². The zero-order chi connectivity index (χ0) is 9.26. The lowest BCUT2D eigenvalue weighted by Gasteiger charge is -2.13. The van der Waals surface area contributed by atoms with Crippen LogP contribution in [0.15, 0.2) is 6.20 Å². The Morgan fingerprint density at radius 2 is 2.62 bits per heavy atom. The lowest BCUT2D eigenvalue weighted by molar-refractivity contribution is -0.136. The first-order valence-corrected chi connectivity index (χ1v) is 4.10. The maximum absolute atomic E-state index is 10.4. The fourth-order valence-electron chi connectivity index (χ4n) is 1.39. The Balaban J connectivity index is 2.20. The van der Waals surface area contributed by atoms with E-state index in [9.17, 15) is 4.79 Å². The summed E-state index contributed by atoms with van der Waals surface area (Å²) in [7, 11) is 0. The minimum absolute atomic E-state index is 0.0139. The Kier molecular flexibility index (Phi) is 2.02. The van der Waals surface area contributed by atoms with Crippen LogP contribution in [0.25, 0.3) is 0 Å². The van der Waals surface area contributed by atoms with Crippen molar-refractivity contribution in [3.05, 3.63) is 17.7 Å². The molecule has 13 heavy (non-hydrogen) atoms. The maximum Gasteiger partial charge on any atom is 0.309 e. The van der Waals surface area contributed by atoms with Crippen LogP contribution in [0, 0.1) is 0 Å². The average molecular weight is 182 g/mol. The van der Waals surface area contributed by atoms with E-state index >= 15 is 0 Å². The van der Waals surface area contributed by atoms with Gasteiger partial charge in [0, 0.05) is 12.7 Å². The van der Waals surface area contributed by atoms with Gasteiger partial charge >= 0.3 is 5.97 Å². The standard InChI is InChI=1S/C8H10N2O3/c11-8(12)3-6-4-10-1-2-13-5-7(10)9-6/h4H,1-3,5H2,(H,11,12). The number of hydrogen-bond donors (Lipinski definition) is 1. The molecule has 0 spiro atoms. The third-order valence-electron chi connectivity index (χ3n) is 1.95. The van der Waals surface area contributed by atoms with E-state index in [1.165, 1.54) is 0 Å². The van der Waals surface area contributed by atoms with Crippen molar-refractivity contribution < 1.29 is 14.6 Å². The van der Waals surface area contributed by atoms with E-state index in [2.05, 4.69) is 4.98 Å². The lowest BCUT2D eigenvalue weighted by atomic mass is 10.3. The number of aliphatic carboxylic acids is 1. The normalized spacial score (nSPS) is 15.4. The number of imidazole rings is 1. The van der Waals surface area contributed by atoms with Crippen molar-refractivity contribution in [2.45, 2.75) is 19.6 Å². The second-order valence-corrected chi connectivity index (χ2v) is 2.96. The van der Waals surface area contributed by atoms with E-state index in [1.807, 2.05) is 4.57 Å². The fourth-order valence-corrected chi connectivity index (χ4v) is 1.39. The van der Waals surface area contributed by atoms with E-state index in [-0.39, 0.29) is 6.42 Å². The van der Waals surface area contributed by atoms with Gasteiger partial charge in [0.15, 0.2) is 0 Å². The van der Waals surface area contributed by atoms with Gasteiger partial charge in [-0.2, -0.15) is 0 Å². The first-order chi connectivity index (χ1) is 6.25. The molecule has 0 amide bonds. The predicted octanol–water partition coefficient (Wildman–Crippen LogP) is 0.0404. The zero-order valence-electron chi connectivity index (χ0n) is 7.06. The molecule has 2 rings (SSSR count). The van der Waals surface area contributed by atoms with E-state index in [0.717, 1.165) is 12.4 Å². The minimum atomic E-state index is -0.851. The number of aromatic nitrogens is 2. The van der Waals surface area contributed by atoms with Crippen molar-refractivity contribution in [3.63, 3.8) is 0 Å². The van der Waals surface area contributed by atoms with Crippen LogP contribution in [0.5, 0.6) is 0 Å². The molecule has 2 heterocycles. The number of hydrogen-bond acceptors (Lipinski definition) is 3. The molecular formula is C8H10N2O3. The smallest absolute Gasteiger partial charge is 0.309 e. The van der Waals surface area contributed by atoms with Gasteiger partial charge in [0.2, 0.25) is 0 Å². The van der Waals surface area contributed by atoms with Crippen molar-refractivity contribution >= 4 is 5.97 Å². The summed E-state index contributed by atoms with van der Waals surface area (Å²) in [4.78, 5) is 14.5. The lowest BCUT2D eigenvalue weighted by Crippen LogP contribution is -2.15. The van der Waals surface area contributed by atoms with Crippen LogP contribution in [0.4, 0.5) is 0 Å². The molecule has 5 heteroatoms. The molecule has 0 saturated carbocycles. The average Bonchev–Trinajstić information content (AvgIpc) is 2.44. The molecule has 1 N–H and O–H groups in total. The molecule has 0 unspecified atom stereocenters. The van der Waals surface area contributed by atoms with Crippen molar-refractivity contribution in [2.24, 2.45) is 0 Å². The number of fused-ring (bicyclic) bond motifs is 1. The minimum Gasteiger partial charge on any atom is -0.481 e. The molecular weight excluding hydrogens is 172 g/mol. The summed E-state index contributed by atoms with van der Waals surface area (Å²) in [5.74, 6) is -0.0288. The van der Waals surface area contributed by atoms with Crippen molar-refractivity contribution in [3.8, 4) is 0 Å². The monoisotopic (exact) mass is 182 g/mol. The Labute approximate surface area is 75.0 Å². The highest BCUT2D eigenvalue weighted by Crippen LogP contribution is 2.09. The summed E-state index contributed by atoms with van der Waals surface area (Å²) in [6, 6.07) is 0. The van der Waals surface area contributed by atoms with Crippen molar-refractivity contribution in [2.75, 3.05) is 6.61 Å². The third kappa shape index (κ3) is 1.70. The largest absolute Gasteiger partial charge is 0.481 e. The summed E-state index contributed by atoms with van der Waals surface area (Å²) in [5.41, 5.74) is 0.605. The molecule has 1 aliphatic heterocycles. The topological polar surface area (TPSA) is 64.3 Å². The molecule has 1 aliphatic rings. The van der Waals surface area contributed by atoms with Crippen LogP contribution in [0.2, 0.25) is 0 Å². The summed E-state index contributed by atoms with van der Waals surface area (Å²) >= 11 is 0. The van der Waals surface area contributed by atoms with Crippen molar-refractivity contribution in [1.82, 2.24) is 9.55 Å². The van der Waals surface area contributed by atoms with Crippen LogP contribution in [0.3, 0.4) is 0 Å². The number of rotatable bonds is 2. The van der Waals surface area contributed by atoms with Gasteiger partial charge in [-0.05, 0) is 0 Å².